The lowest BCUT2D eigenvalue weighted by Crippen LogP contribution is -1.98. The fourth-order valence-corrected chi connectivity index (χ4v) is 1.79. The SMILES string of the molecule is CCc1ncnc2[nH]c(Cl)c(C(=O)O)c12. The van der Waals surface area contributed by atoms with Crippen molar-refractivity contribution in [3.63, 3.8) is 0 Å². The highest BCUT2D eigenvalue weighted by molar-refractivity contribution is 6.34. The van der Waals surface area contributed by atoms with Crippen molar-refractivity contribution in [2.75, 3.05) is 0 Å². The predicted octanol–water partition coefficient (Wildman–Crippen LogP) is 1.87. The summed E-state index contributed by atoms with van der Waals surface area (Å²) in [5.41, 5.74) is 1.19. The molecule has 0 aliphatic carbocycles. The molecule has 2 aromatic rings. The van der Waals surface area contributed by atoms with Gasteiger partial charge in [0.25, 0.3) is 0 Å². The Hall–Kier alpha value is -1.62. The topological polar surface area (TPSA) is 78.9 Å². The molecule has 2 N–H and O–H groups in total. The smallest absolute Gasteiger partial charge is 0.339 e. The number of hydrogen-bond acceptors (Lipinski definition) is 3. The van der Waals surface area contributed by atoms with E-state index in [0.717, 1.165) is 0 Å². The lowest BCUT2D eigenvalue weighted by atomic mass is 10.1. The molecule has 0 aliphatic rings. The van der Waals surface area contributed by atoms with Crippen LogP contribution in [0.1, 0.15) is 23.0 Å². The van der Waals surface area contributed by atoms with E-state index in [-0.39, 0.29) is 10.7 Å². The highest BCUT2D eigenvalue weighted by Gasteiger charge is 2.19. The van der Waals surface area contributed by atoms with Crippen LogP contribution in [-0.4, -0.2) is 26.0 Å². The molecule has 0 spiro atoms. The summed E-state index contributed by atoms with van der Waals surface area (Å²) in [6.07, 6.45) is 2.02. The molecule has 0 unspecified atom stereocenters. The second-order valence-corrected chi connectivity index (χ2v) is 3.39. The van der Waals surface area contributed by atoms with Crippen molar-refractivity contribution in [1.82, 2.24) is 15.0 Å². The van der Waals surface area contributed by atoms with E-state index in [1.807, 2.05) is 6.92 Å². The summed E-state index contributed by atoms with van der Waals surface area (Å²) in [6, 6.07) is 0. The molecule has 0 saturated carbocycles. The van der Waals surface area contributed by atoms with Gasteiger partial charge in [-0.05, 0) is 6.42 Å². The first-order valence-corrected chi connectivity index (χ1v) is 4.77. The van der Waals surface area contributed by atoms with Gasteiger partial charge in [0.05, 0.1) is 11.1 Å². The highest BCUT2D eigenvalue weighted by Crippen LogP contribution is 2.26. The van der Waals surface area contributed by atoms with Crippen LogP contribution in [0.15, 0.2) is 6.33 Å². The summed E-state index contributed by atoms with van der Waals surface area (Å²) in [5.74, 6) is -1.07. The minimum Gasteiger partial charge on any atom is -0.478 e. The van der Waals surface area contributed by atoms with Crippen LogP contribution in [0.3, 0.4) is 0 Å². The van der Waals surface area contributed by atoms with Crippen molar-refractivity contribution in [3.8, 4) is 0 Å². The fourth-order valence-electron chi connectivity index (χ4n) is 1.52. The largest absolute Gasteiger partial charge is 0.478 e. The molecule has 2 aromatic heterocycles. The number of nitrogens with zero attached hydrogens (tertiary/aromatic N) is 2. The van der Waals surface area contributed by atoms with E-state index >= 15 is 0 Å². The van der Waals surface area contributed by atoms with E-state index < -0.39 is 5.97 Å². The molecule has 0 atom stereocenters. The van der Waals surface area contributed by atoms with Crippen molar-refractivity contribution >= 4 is 28.6 Å². The van der Waals surface area contributed by atoms with E-state index in [9.17, 15) is 4.79 Å². The summed E-state index contributed by atoms with van der Waals surface area (Å²) in [4.78, 5) is 21.7. The fraction of sp³-hybridized carbons (Fsp3) is 0.222. The summed E-state index contributed by atoms with van der Waals surface area (Å²) < 4.78 is 0. The number of aromatic nitrogens is 3. The molecule has 6 heteroatoms. The van der Waals surface area contributed by atoms with Crippen LogP contribution in [0, 0.1) is 0 Å². The predicted molar refractivity (Wildman–Crippen MR) is 55.2 cm³/mol. The van der Waals surface area contributed by atoms with Gasteiger partial charge in [0.2, 0.25) is 0 Å². The number of rotatable bonds is 2. The van der Waals surface area contributed by atoms with Gasteiger partial charge < -0.3 is 10.1 Å². The molecule has 0 aromatic carbocycles. The number of nitrogens with one attached hydrogen (secondary N) is 1. The van der Waals surface area contributed by atoms with Gasteiger partial charge in [-0.3, -0.25) is 0 Å². The van der Waals surface area contributed by atoms with Crippen LogP contribution >= 0.6 is 11.6 Å². The summed E-state index contributed by atoms with van der Waals surface area (Å²) in [5, 5.41) is 9.60. The first-order chi connectivity index (χ1) is 7.15. The highest BCUT2D eigenvalue weighted by atomic mass is 35.5. The zero-order valence-corrected chi connectivity index (χ0v) is 8.67. The van der Waals surface area contributed by atoms with Crippen LogP contribution in [0.25, 0.3) is 11.0 Å². The lowest BCUT2D eigenvalue weighted by molar-refractivity contribution is 0.0699. The summed E-state index contributed by atoms with van der Waals surface area (Å²) in [6.45, 7) is 1.90. The van der Waals surface area contributed by atoms with Crippen LogP contribution in [-0.2, 0) is 6.42 Å². The molecule has 78 valence electrons. The number of H-pyrrole nitrogens is 1. The first kappa shape index (κ1) is 9.92. The summed E-state index contributed by atoms with van der Waals surface area (Å²) in [7, 11) is 0. The van der Waals surface area contributed by atoms with Crippen LogP contribution < -0.4 is 0 Å². The maximum absolute atomic E-state index is 11.0. The van der Waals surface area contributed by atoms with Gasteiger partial charge in [-0.25, -0.2) is 14.8 Å². The molecule has 0 saturated heterocycles. The molecule has 0 radical (unpaired) electrons. The van der Waals surface area contributed by atoms with E-state index in [2.05, 4.69) is 15.0 Å². The second kappa shape index (κ2) is 3.51. The van der Waals surface area contributed by atoms with Crippen LogP contribution in [0.4, 0.5) is 0 Å². The standard InChI is InChI=1S/C9H8ClN3O2/c1-2-4-5-6(9(14)15)7(10)13-8(5)12-3-11-4/h3H,2H2,1H3,(H,14,15)(H,11,12,13). The zero-order valence-electron chi connectivity index (χ0n) is 7.91. The Morgan fingerprint density at radius 1 is 1.60 bits per heavy atom. The van der Waals surface area contributed by atoms with Crippen LogP contribution in [0.2, 0.25) is 5.15 Å². The maximum atomic E-state index is 11.0. The van der Waals surface area contributed by atoms with E-state index in [1.165, 1.54) is 6.33 Å². The molecule has 0 amide bonds. The van der Waals surface area contributed by atoms with E-state index in [1.54, 1.807) is 0 Å². The third kappa shape index (κ3) is 1.45. The molecule has 0 fully saturated rings. The molecular formula is C9H8ClN3O2. The van der Waals surface area contributed by atoms with Crippen molar-refractivity contribution in [2.24, 2.45) is 0 Å². The molecule has 2 heterocycles. The number of halogens is 1. The third-order valence-corrected chi connectivity index (χ3v) is 2.46. The minimum atomic E-state index is -1.07. The Labute approximate surface area is 90.1 Å². The maximum Gasteiger partial charge on any atom is 0.339 e. The zero-order chi connectivity index (χ0) is 11.0. The average molecular weight is 226 g/mol. The van der Waals surface area contributed by atoms with Gasteiger partial charge >= 0.3 is 5.97 Å². The van der Waals surface area contributed by atoms with Gasteiger partial charge in [-0.2, -0.15) is 0 Å². The number of aryl methyl sites for hydroxylation is 1. The van der Waals surface area contributed by atoms with Gasteiger partial charge in [0.1, 0.15) is 22.7 Å². The van der Waals surface area contributed by atoms with Crippen molar-refractivity contribution < 1.29 is 9.90 Å². The van der Waals surface area contributed by atoms with E-state index in [4.69, 9.17) is 16.7 Å². The van der Waals surface area contributed by atoms with Gasteiger partial charge in [0, 0.05) is 0 Å². The molecule has 15 heavy (non-hydrogen) atoms. The van der Waals surface area contributed by atoms with Crippen molar-refractivity contribution in [1.29, 1.82) is 0 Å². The van der Waals surface area contributed by atoms with Crippen LogP contribution in [0.5, 0.6) is 0 Å². The van der Waals surface area contributed by atoms with Crippen molar-refractivity contribution in [2.45, 2.75) is 13.3 Å². The van der Waals surface area contributed by atoms with Gasteiger partial charge in [-0.1, -0.05) is 18.5 Å². The number of hydrogen-bond donors (Lipinski definition) is 2. The lowest BCUT2D eigenvalue weighted by Gasteiger charge is -1.98. The van der Waals surface area contributed by atoms with Crippen molar-refractivity contribution in [3.05, 3.63) is 22.7 Å². The molecule has 2 rings (SSSR count). The molecule has 5 nitrogen and oxygen atoms in total. The monoisotopic (exact) mass is 225 g/mol. The summed E-state index contributed by atoms with van der Waals surface area (Å²) >= 11 is 5.79. The Bertz CT molecular complexity index is 535. The minimum absolute atomic E-state index is 0.0455. The number of fused-ring (bicyclic) bond motifs is 1. The number of aromatic carboxylic acids is 1. The quantitative estimate of drug-likeness (QED) is 0.818. The van der Waals surface area contributed by atoms with Gasteiger partial charge in [0.15, 0.2) is 0 Å². The Morgan fingerprint density at radius 3 is 2.93 bits per heavy atom. The third-order valence-electron chi connectivity index (χ3n) is 2.17. The Kier molecular flexibility index (Phi) is 2.32. The molecule has 0 aliphatic heterocycles. The number of aromatic amines is 1. The normalized spacial score (nSPS) is 10.8. The number of carboxylic acid groups (broad SMARTS) is 1. The van der Waals surface area contributed by atoms with Gasteiger partial charge in [-0.15, -0.1) is 0 Å². The van der Waals surface area contributed by atoms with E-state index in [0.29, 0.717) is 23.1 Å². The molecular weight excluding hydrogens is 218 g/mol. The Morgan fingerprint density at radius 2 is 2.33 bits per heavy atom. The first-order valence-electron chi connectivity index (χ1n) is 4.39. The Balaban J connectivity index is 2.88. The average Bonchev–Trinajstić information content (AvgIpc) is 2.53. The molecule has 0 bridgehead atoms. The second-order valence-electron chi connectivity index (χ2n) is 3.02. The number of carboxylic acids is 1. The number of carbonyl (C=O) groups is 1.